The van der Waals surface area contributed by atoms with Crippen LogP contribution in [0.3, 0.4) is 0 Å². The standard InChI is InChI=1S/C11H10ClN3O/c1-7-2-3-8(12)6-9(7)15-5-4-14-10(13)11(15)16/h2-6H,1H3,(H2,13,14). The highest BCUT2D eigenvalue weighted by molar-refractivity contribution is 6.30. The number of nitrogen functional groups attached to an aromatic ring is 1. The molecule has 0 aliphatic carbocycles. The molecule has 0 amide bonds. The van der Waals surface area contributed by atoms with E-state index in [-0.39, 0.29) is 11.4 Å². The third kappa shape index (κ3) is 1.79. The first-order valence-corrected chi connectivity index (χ1v) is 5.07. The number of aryl methyl sites for hydroxylation is 1. The summed E-state index contributed by atoms with van der Waals surface area (Å²) >= 11 is 5.90. The maximum atomic E-state index is 11.8. The van der Waals surface area contributed by atoms with Crippen LogP contribution in [0.5, 0.6) is 0 Å². The summed E-state index contributed by atoms with van der Waals surface area (Å²) in [5.41, 5.74) is 6.78. The Kier molecular flexibility index (Phi) is 2.66. The van der Waals surface area contributed by atoms with Crippen LogP contribution in [0.25, 0.3) is 5.69 Å². The lowest BCUT2D eigenvalue weighted by molar-refractivity contribution is 0.954. The van der Waals surface area contributed by atoms with Gasteiger partial charge in [0, 0.05) is 17.4 Å². The highest BCUT2D eigenvalue weighted by Gasteiger charge is 2.06. The molecule has 5 heteroatoms. The normalized spacial score (nSPS) is 10.4. The Bertz CT molecular complexity index is 592. The second-order valence-corrected chi connectivity index (χ2v) is 3.85. The van der Waals surface area contributed by atoms with Crippen LogP contribution in [-0.4, -0.2) is 9.55 Å². The molecule has 1 aromatic heterocycles. The molecule has 1 aromatic carbocycles. The highest BCUT2D eigenvalue weighted by atomic mass is 35.5. The predicted octanol–water partition coefficient (Wildman–Crippen LogP) is 1.78. The number of hydrogen-bond donors (Lipinski definition) is 1. The highest BCUT2D eigenvalue weighted by Crippen LogP contribution is 2.17. The van der Waals surface area contributed by atoms with E-state index in [0.717, 1.165) is 5.56 Å². The molecule has 16 heavy (non-hydrogen) atoms. The third-order valence-electron chi connectivity index (χ3n) is 2.30. The van der Waals surface area contributed by atoms with Crippen molar-refractivity contribution in [3.05, 3.63) is 51.5 Å². The zero-order valence-corrected chi connectivity index (χ0v) is 9.40. The van der Waals surface area contributed by atoms with Crippen molar-refractivity contribution in [3.63, 3.8) is 0 Å². The van der Waals surface area contributed by atoms with Crippen LogP contribution in [-0.2, 0) is 0 Å². The maximum absolute atomic E-state index is 11.8. The zero-order valence-electron chi connectivity index (χ0n) is 8.64. The van der Waals surface area contributed by atoms with Crippen LogP contribution >= 0.6 is 11.6 Å². The molecule has 2 rings (SSSR count). The first-order valence-electron chi connectivity index (χ1n) is 4.69. The van der Waals surface area contributed by atoms with E-state index < -0.39 is 0 Å². The number of nitrogens with zero attached hydrogens (tertiary/aromatic N) is 2. The molecule has 0 radical (unpaired) electrons. The molecule has 0 saturated heterocycles. The van der Waals surface area contributed by atoms with Gasteiger partial charge in [-0.05, 0) is 24.6 Å². The van der Waals surface area contributed by atoms with Gasteiger partial charge in [-0.2, -0.15) is 0 Å². The molecular weight excluding hydrogens is 226 g/mol. The average Bonchev–Trinajstić information content (AvgIpc) is 2.26. The molecule has 0 aliphatic heterocycles. The Labute approximate surface area is 97.3 Å². The summed E-state index contributed by atoms with van der Waals surface area (Å²) in [4.78, 5) is 15.5. The molecule has 2 N–H and O–H groups in total. The Morgan fingerprint density at radius 1 is 1.44 bits per heavy atom. The molecule has 0 bridgehead atoms. The van der Waals surface area contributed by atoms with Gasteiger partial charge in [0.2, 0.25) is 0 Å². The fourth-order valence-electron chi connectivity index (χ4n) is 1.46. The lowest BCUT2D eigenvalue weighted by Crippen LogP contribution is -2.22. The summed E-state index contributed by atoms with van der Waals surface area (Å²) in [6, 6.07) is 5.34. The Hall–Kier alpha value is -1.81. The van der Waals surface area contributed by atoms with Crippen LogP contribution in [0.4, 0.5) is 5.82 Å². The van der Waals surface area contributed by atoms with Gasteiger partial charge in [0.25, 0.3) is 5.56 Å². The van der Waals surface area contributed by atoms with E-state index in [9.17, 15) is 4.79 Å². The summed E-state index contributed by atoms with van der Waals surface area (Å²) in [5.74, 6) is -0.0260. The number of rotatable bonds is 1. The molecule has 0 atom stereocenters. The van der Waals surface area contributed by atoms with Crippen molar-refractivity contribution in [2.24, 2.45) is 0 Å². The molecule has 0 saturated carbocycles. The maximum Gasteiger partial charge on any atom is 0.297 e. The molecule has 4 nitrogen and oxygen atoms in total. The number of benzene rings is 1. The van der Waals surface area contributed by atoms with Gasteiger partial charge in [-0.3, -0.25) is 9.36 Å². The van der Waals surface area contributed by atoms with Gasteiger partial charge in [-0.15, -0.1) is 0 Å². The first kappa shape index (κ1) is 10.7. The van der Waals surface area contributed by atoms with Crippen molar-refractivity contribution < 1.29 is 0 Å². The van der Waals surface area contributed by atoms with E-state index >= 15 is 0 Å². The summed E-state index contributed by atoms with van der Waals surface area (Å²) in [6.45, 7) is 1.90. The smallest absolute Gasteiger partial charge is 0.297 e. The fourth-order valence-corrected chi connectivity index (χ4v) is 1.62. The Balaban J connectivity index is 2.72. The average molecular weight is 236 g/mol. The predicted molar refractivity (Wildman–Crippen MR) is 64.0 cm³/mol. The van der Waals surface area contributed by atoms with Crippen molar-refractivity contribution in [2.75, 3.05) is 5.73 Å². The van der Waals surface area contributed by atoms with E-state index in [1.807, 2.05) is 13.0 Å². The van der Waals surface area contributed by atoms with E-state index in [1.54, 1.807) is 18.3 Å². The second kappa shape index (κ2) is 3.98. The first-order chi connectivity index (χ1) is 7.59. The number of halogens is 1. The number of nitrogens with two attached hydrogens (primary N) is 1. The minimum absolute atomic E-state index is 0.0260. The molecular formula is C11H10ClN3O. The van der Waals surface area contributed by atoms with Crippen LogP contribution < -0.4 is 11.3 Å². The van der Waals surface area contributed by atoms with Crippen molar-refractivity contribution in [1.82, 2.24) is 9.55 Å². The topological polar surface area (TPSA) is 60.9 Å². The second-order valence-electron chi connectivity index (χ2n) is 3.42. The molecule has 0 spiro atoms. The number of hydrogen-bond acceptors (Lipinski definition) is 3. The van der Waals surface area contributed by atoms with Gasteiger partial charge in [0.1, 0.15) is 0 Å². The number of aromatic nitrogens is 2. The van der Waals surface area contributed by atoms with Gasteiger partial charge in [0.15, 0.2) is 5.82 Å². The van der Waals surface area contributed by atoms with Gasteiger partial charge in [-0.1, -0.05) is 17.7 Å². The molecule has 0 fully saturated rings. The van der Waals surface area contributed by atoms with E-state index in [1.165, 1.54) is 10.8 Å². The van der Waals surface area contributed by atoms with Gasteiger partial charge >= 0.3 is 0 Å². The minimum Gasteiger partial charge on any atom is -0.379 e. The van der Waals surface area contributed by atoms with Crippen LogP contribution in [0.1, 0.15) is 5.56 Å². The third-order valence-corrected chi connectivity index (χ3v) is 2.53. The summed E-state index contributed by atoms with van der Waals surface area (Å²) in [7, 11) is 0. The van der Waals surface area contributed by atoms with Crippen LogP contribution in [0, 0.1) is 6.92 Å². The van der Waals surface area contributed by atoms with Gasteiger partial charge < -0.3 is 5.73 Å². The zero-order chi connectivity index (χ0) is 11.7. The lowest BCUT2D eigenvalue weighted by Gasteiger charge is -2.09. The van der Waals surface area contributed by atoms with E-state index in [2.05, 4.69) is 4.98 Å². The summed E-state index contributed by atoms with van der Waals surface area (Å²) in [6.07, 6.45) is 3.05. The molecule has 0 aliphatic rings. The SMILES string of the molecule is Cc1ccc(Cl)cc1-n1ccnc(N)c1=O. The fraction of sp³-hybridized carbons (Fsp3) is 0.0909. The molecule has 82 valence electrons. The van der Waals surface area contributed by atoms with Crippen molar-refractivity contribution in [1.29, 1.82) is 0 Å². The number of anilines is 1. The largest absolute Gasteiger partial charge is 0.379 e. The Morgan fingerprint density at radius 2 is 2.19 bits per heavy atom. The minimum atomic E-state index is -0.340. The van der Waals surface area contributed by atoms with E-state index in [4.69, 9.17) is 17.3 Å². The summed E-state index contributed by atoms with van der Waals surface area (Å²) in [5, 5.41) is 0.572. The van der Waals surface area contributed by atoms with Crippen LogP contribution in [0.2, 0.25) is 5.02 Å². The summed E-state index contributed by atoms with van der Waals surface area (Å²) < 4.78 is 1.43. The van der Waals surface area contributed by atoms with Crippen LogP contribution in [0.15, 0.2) is 35.4 Å². The van der Waals surface area contributed by atoms with Crippen molar-refractivity contribution in [2.45, 2.75) is 6.92 Å². The Morgan fingerprint density at radius 3 is 2.94 bits per heavy atom. The molecule has 2 aromatic rings. The van der Waals surface area contributed by atoms with Gasteiger partial charge in [0.05, 0.1) is 5.69 Å². The quantitative estimate of drug-likeness (QED) is 0.820. The van der Waals surface area contributed by atoms with Crippen molar-refractivity contribution >= 4 is 17.4 Å². The molecule has 1 heterocycles. The van der Waals surface area contributed by atoms with Crippen molar-refractivity contribution in [3.8, 4) is 5.69 Å². The lowest BCUT2D eigenvalue weighted by atomic mass is 10.2. The monoisotopic (exact) mass is 235 g/mol. The molecule has 0 unspecified atom stereocenters. The van der Waals surface area contributed by atoms with E-state index in [0.29, 0.717) is 10.7 Å². The van der Waals surface area contributed by atoms with Gasteiger partial charge in [-0.25, -0.2) is 4.98 Å².